The maximum atomic E-state index is 12.9. The van der Waals surface area contributed by atoms with E-state index < -0.39 is 0 Å². The molecule has 2 aromatic carbocycles. The molecule has 0 saturated carbocycles. The Labute approximate surface area is 149 Å². The summed E-state index contributed by atoms with van der Waals surface area (Å²) in [6.07, 6.45) is 0.259. The Bertz CT molecular complexity index is 681. The second-order valence-electron chi connectivity index (χ2n) is 6.72. The lowest BCUT2D eigenvalue weighted by Gasteiger charge is -2.23. The van der Waals surface area contributed by atoms with Gasteiger partial charge in [0.05, 0.1) is 27.1 Å². The van der Waals surface area contributed by atoms with E-state index in [1.165, 1.54) is 22.6 Å². The number of hydrogen-bond donors (Lipinski definition) is 2. The Morgan fingerprint density at radius 1 is 1.08 bits per heavy atom. The Morgan fingerprint density at radius 2 is 1.68 bits per heavy atom. The van der Waals surface area contributed by atoms with Gasteiger partial charge in [-0.25, -0.2) is 4.39 Å². The van der Waals surface area contributed by atoms with Crippen molar-refractivity contribution in [2.24, 2.45) is 0 Å². The lowest BCUT2D eigenvalue weighted by atomic mass is 10.0. The summed E-state index contributed by atoms with van der Waals surface area (Å²) in [7, 11) is 8.19. The van der Waals surface area contributed by atoms with E-state index in [0.717, 1.165) is 11.3 Å². The van der Waals surface area contributed by atoms with Gasteiger partial charge in [0.1, 0.15) is 11.9 Å². The van der Waals surface area contributed by atoms with Crippen LogP contribution in [0.3, 0.4) is 0 Å². The molecule has 2 N–H and O–H groups in total. The van der Waals surface area contributed by atoms with Gasteiger partial charge in [0.15, 0.2) is 0 Å². The maximum absolute atomic E-state index is 12.9. The first kappa shape index (κ1) is 18.9. The van der Waals surface area contributed by atoms with Gasteiger partial charge < -0.3 is 15.1 Å². The van der Waals surface area contributed by atoms with E-state index in [0.29, 0.717) is 6.54 Å². The van der Waals surface area contributed by atoms with Crippen LogP contribution in [0.2, 0.25) is 0 Å². The first-order valence-corrected chi connectivity index (χ1v) is 8.45. The fourth-order valence-corrected chi connectivity index (χ4v) is 2.73. The van der Waals surface area contributed by atoms with Crippen molar-refractivity contribution in [3.63, 3.8) is 0 Å². The van der Waals surface area contributed by atoms with Crippen LogP contribution in [0.4, 0.5) is 10.1 Å². The van der Waals surface area contributed by atoms with E-state index in [9.17, 15) is 9.18 Å². The standard InChI is InChI=1S/C20H26FN3O/c1-23(2)18-11-7-16(8-12-18)19(24(3)4)14-22-20(25)13-15-5-9-17(21)10-6-15/h5-12,19H,13-14H2,1-4H3,(H,22,25)/p+1/t19-/m1/s1. The minimum absolute atomic E-state index is 0.0530. The zero-order valence-corrected chi connectivity index (χ0v) is 15.3. The number of likely N-dealkylation sites (N-methyl/N-ethyl adjacent to an activating group) is 1. The van der Waals surface area contributed by atoms with Crippen LogP contribution in [0.15, 0.2) is 48.5 Å². The lowest BCUT2D eigenvalue weighted by Crippen LogP contribution is -3.07. The third-order valence-corrected chi connectivity index (χ3v) is 4.29. The van der Waals surface area contributed by atoms with E-state index in [-0.39, 0.29) is 24.2 Å². The van der Waals surface area contributed by atoms with Crippen molar-refractivity contribution in [3.05, 3.63) is 65.5 Å². The average Bonchev–Trinajstić information content (AvgIpc) is 2.57. The maximum Gasteiger partial charge on any atom is 0.224 e. The molecule has 1 atom stereocenters. The molecular weight excluding hydrogens is 317 g/mol. The van der Waals surface area contributed by atoms with Gasteiger partial charge in [-0.05, 0) is 29.8 Å². The van der Waals surface area contributed by atoms with Gasteiger partial charge in [-0.15, -0.1) is 0 Å². The number of nitrogens with one attached hydrogen (secondary N) is 2. The number of hydrogen-bond acceptors (Lipinski definition) is 2. The molecule has 25 heavy (non-hydrogen) atoms. The zero-order chi connectivity index (χ0) is 18.4. The van der Waals surface area contributed by atoms with Crippen molar-refractivity contribution >= 4 is 11.6 Å². The second kappa shape index (κ2) is 8.62. The molecule has 0 saturated heterocycles. The predicted octanol–water partition coefficient (Wildman–Crippen LogP) is 1.44. The summed E-state index contributed by atoms with van der Waals surface area (Å²) in [6, 6.07) is 14.6. The van der Waals surface area contributed by atoms with Crippen molar-refractivity contribution in [1.82, 2.24) is 5.32 Å². The molecular formula is C20H27FN3O+. The molecule has 2 rings (SSSR count). The molecule has 2 aromatic rings. The number of rotatable bonds is 7. The molecule has 4 nitrogen and oxygen atoms in total. The molecule has 0 bridgehead atoms. The van der Waals surface area contributed by atoms with Gasteiger partial charge in [0.2, 0.25) is 5.91 Å². The summed E-state index contributed by atoms with van der Waals surface area (Å²) < 4.78 is 12.9. The first-order chi connectivity index (χ1) is 11.9. The van der Waals surface area contributed by atoms with Crippen LogP contribution in [-0.4, -0.2) is 40.6 Å². The van der Waals surface area contributed by atoms with Crippen LogP contribution in [0.5, 0.6) is 0 Å². The highest BCUT2D eigenvalue weighted by molar-refractivity contribution is 5.78. The largest absolute Gasteiger partial charge is 0.378 e. The first-order valence-electron chi connectivity index (χ1n) is 8.45. The van der Waals surface area contributed by atoms with Crippen molar-refractivity contribution in [1.29, 1.82) is 0 Å². The highest BCUT2D eigenvalue weighted by Crippen LogP contribution is 2.16. The summed E-state index contributed by atoms with van der Waals surface area (Å²) in [5.74, 6) is -0.343. The van der Waals surface area contributed by atoms with Crippen LogP contribution in [-0.2, 0) is 11.2 Å². The quantitative estimate of drug-likeness (QED) is 0.797. The molecule has 1 amide bonds. The molecule has 0 radical (unpaired) electrons. The summed E-state index contributed by atoms with van der Waals surface area (Å²) in [5, 5.41) is 3.00. The van der Waals surface area contributed by atoms with Crippen LogP contribution in [0.1, 0.15) is 17.2 Å². The molecule has 0 spiro atoms. The number of nitrogens with zero attached hydrogens (tertiary/aromatic N) is 1. The predicted molar refractivity (Wildman–Crippen MR) is 99.4 cm³/mol. The molecule has 5 heteroatoms. The van der Waals surface area contributed by atoms with E-state index in [2.05, 4.69) is 48.6 Å². The van der Waals surface area contributed by atoms with Crippen molar-refractivity contribution in [2.75, 3.05) is 39.6 Å². The fraction of sp³-hybridized carbons (Fsp3) is 0.350. The normalized spacial score (nSPS) is 12.1. The summed E-state index contributed by atoms with van der Waals surface area (Å²) in [6.45, 7) is 0.559. The molecule has 0 aliphatic rings. The molecule has 0 fully saturated rings. The van der Waals surface area contributed by atoms with E-state index in [4.69, 9.17) is 0 Å². The van der Waals surface area contributed by atoms with Crippen LogP contribution >= 0.6 is 0 Å². The van der Waals surface area contributed by atoms with Gasteiger partial charge in [-0.2, -0.15) is 0 Å². The molecule has 0 heterocycles. The highest BCUT2D eigenvalue weighted by Gasteiger charge is 2.19. The summed E-state index contributed by atoms with van der Waals surface area (Å²) >= 11 is 0. The Kier molecular flexibility index (Phi) is 6.53. The Morgan fingerprint density at radius 3 is 2.20 bits per heavy atom. The average molecular weight is 344 g/mol. The van der Waals surface area contributed by atoms with Crippen LogP contribution in [0.25, 0.3) is 0 Å². The van der Waals surface area contributed by atoms with Gasteiger partial charge >= 0.3 is 0 Å². The van der Waals surface area contributed by atoms with Crippen molar-refractivity contribution in [2.45, 2.75) is 12.5 Å². The summed E-state index contributed by atoms with van der Waals surface area (Å²) in [4.78, 5) is 15.5. The van der Waals surface area contributed by atoms with Crippen molar-refractivity contribution < 1.29 is 14.1 Å². The van der Waals surface area contributed by atoms with Gasteiger partial charge in [-0.3, -0.25) is 4.79 Å². The van der Waals surface area contributed by atoms with Gasteiger partial charge in [0, 0.05) is 25.3 Å². The third-order valence-electron chi connectivity index (χ3n) is 4.29. The number of halogens is 1. The molecule has 0 aliphatic heterocycles. The lowest BCUT2D eigenvalue weighted by molar-refractivity contribution is -0.890. The molecule has 0 aromatic heterocycles. The van der Waals surface area contributed by atoms with Gasteiger partial charge in [0.25, 0.3) is 0 Å². The monoisotopic (exact) mass is 344 g/mol. The van der Waals surface area contributed by atoms with Crippen molar-refractivity contribution in [3.8, 4) is 0 Å². The molecule has 0 unspecified atom stereocenters. The Balaban J connectivity index is 1.96. The molecule has 0 aliphatic carbocycles. The highest BCUT2D eigenvalue weighted by atomic mass is 19.1. The van der Waals surface area contributed by atoms with Gasteiger partial charge in [-0.1, -0.05) is 24.3 Å². The number of amides is 1. The minimum atomic E-state index is -0.290. The second-order valence-corrected chi connectivity index (χ2v) is 6.72. The number of benzene rings is 2. The summed E-state index contributed by atoms with van der Waals surface area (Å²) in [5.41, 5.74) is 3.15. The number of quaternary nitrogens is 1. The Hall–Kier alpha value is -2.40. The SMILES string of the molecule is CN(C)c1ccc([C@@H](CNC(=O)Cc2ccc(F)cc2)[NH+](C)C)cc1. The molecule has 134 valence electrons. The van der Waals surface area contributed by atoms with E-state index in [1.807, 2.05) is 14.1 Å². The van der Waals surface area contributed by atoms with Crippen LogP contribution in [0, 0.1) is 5.82 Å². The minimum Gasteiger partial charge on any atom is -0.378 e. The van der Waals surface area contributed by atoms with E-state index >= 15 is 0 Å². The third kappa shape index (κ3) is 5.57. The number of carbonyl (C=O) groups excluding carboxylic acids is 1. The number of carbonyl (C=O) groups is 1. The topological polar surface area (TPSA) is 36.8 Å². The zero-order valence-electron chi connectivity index (χ0n) is 15.3. The smallest absolute Gasteiger partial charge is 0.224 e. The fourth-order valence-electron chi connectivity index (χ4n) is 2.73. The number of anilines is 1. The van der Waals surface area contributed by atoms with Crippen LogP contribution < -0.4 is 15.1 Å². The van der Waals surface area contributed by atoms with E-state index in [1.54, 1.807) is 12.1 Å².